The van der Waals surface area contributed by atoms with Crippen LogP contribution >= 0.6 is 11.3 Å². The molecule has 2 rings (SSSR count). The highest BCUT2D eigenvalue weighted by molar-refractivity contribution is 7.07. The number of hydrogen-bond donors (Lipinski definition) is 3. The number of nitrogens with zero attached hydrogens (tertiary/aromatic N) is 2. The number of pyridine rings is 1. The normalized spacial score (nSPS) is 11.9. The van der Waals surface area contributed by atoms with E-state index in [1.165, 1.54) is 23.5 Å². The highest BCUT2D eigenvalue weighted by Crippen LogP contribution is 2.22. The minimum Gasteiger partial charge on any atom is -0.387 e. The zero-order valence-electron chi connectivity index (χ0n) is 10.7. The number of hydrogen-bond acceptors (Lipinski definition) is 7. The zero-order chi connectivity index (χ0) is 14.5. The molecule has 2 aromatic rings. The standard InChI is InChI=1S/C12H14N4O3S/c1-13-11-4-9(16(18)19)5-12(15-11)14-6-10(17)8-2-3-20-7-8/h2-5,7,10,17H,6H2,1H3,(H2,13,14,15). The van der Waals surface area contributed by atoms with E-state index in [0.29, 0.717) is 11.6 Å². The number of aliphatic hydroxyl groups excluding tert-OH is 1. The van der Waals surface area contributed by atoms with E-state index in [4.69, 9.17) is 0 Å². The highest BCUT2D eigenvalue weighted by Gasteiger charge is 2.12. The molecule has 0 aromatic carbocycles. The molecule has 0 aliphatic heterocycles. The van der Waals surface area contributed by atoms with Gasteiger partial charge in [0.15, 0.2) is 0 Å². The molecule has 106 valence electrons. The van der Waals surface area contributed by atoms with Gasteiger partial charge in [-0.25, -0.2) is 4.98 Å². The number of rotatable bonds is 6. The lowest BCUT2D eigenvalue weighted by Gasteiger charge is -2.11. The van der Waals surface area contributed by atoms with Crippen LogP contribution in [0, 0.1) is 10.1 Å². The van der Waals surface area contributed by atoms with E-state index in [0.717, 1.165) is 5.56 Å². The highest BCUT2D eigenvalue weighted by atomic mass is 32.1. The first-order valence-electron chi connectivity index (χ1n) is 5.88. The van der Waals surface area contributed by atoms with Crippen LogP contribution in [-0.2, 0) is 0 Å². The van der Waals surface area contributed by atoms with E-state index in [-0.39, 0.29) is 12.2 Å². The summed E-state index contributed by atoms with van der Waals surface area (Å²) in [6.45, 7) is 0.230. The number of anilines is 2. The van der Waals surface area contributed by atoms with Gasteiger partial charge < -0.3 is 15.7 Å². The van der Waals surface area contributed by atoms with Crippen molar-refractivity contribution in [3.8, 4) is 0 Å². The fourth-order valence-electron chi connectivity index (χ4n) is 1.62. The van der Waals surface area contributed by atoms with Gasteiger partial charge in [-0.3, -0.25) is 10.1 Å². The van der Waals surface area contributed by atoms with Crippen LogP contribution in [0.2, 0.25) is 0 Å². The Morgan fingerprint density at radius 1 is 1.50 bits per heavy atom. The first-order chi connectivity index (χ1) is 9.60. The first-order valence-corrected chi connectivity index (χ1v) is 6.82. The van der Waals surface area contributed by atoms with Crippen LogP contribution < -0.4 is 10.6 Å². The van der Waals surface area contributed by atoms with Crippen molar-refractivity contribution in [1.82, 2.24) is 4.98 Å². The number of nitro groups is 1. The Bertz CT molecular complexity index is 588. The lowest BCUT2D eigenvalue weighted by Crippen LogP contribution is -2.13. The van der Waals surface area contributed by atoms with E-state index in [1.54, 1.807) is 7.05 Å². The quantitative estimate of drug-likeness (QED) is 0.558. The van der Waals surface area contributed by atoms with Crippen LogP contribution in [0.5, 0.6) is 0 Å². The molecule has 0 fully saturated rings. The summed E-state index contributed by atoms with van der Waals surface area (Å²) in [6.07, 6.45) is -0.680. The molecule has 0 aliphatic rings. The summed E-state index contributed by atoms with van der Waals surface area (Å²) >= 11 is 1.50. The topological polar surface area (TPSA) is 100 Å². The number of nitrogens with one attached hydrogen (secondary N) is 2. The Kier molecular flexibility index (Phi) is 4.49. The predicted octanol–water partition coefficient (Wildman–Crippen LogP) is 2.24. The Balaban J connectivity index is 2.09. The molecule has 2 aromatic heterocycles. The van der Waals surface area contributed by atoms with Crippen molar-refractivity contribution in [2.45, 2.75) is 6.10 Å². The lowest BCUT2D eigenvalue weighted by molar-refractivity contribution is -0.384. The Hall–Kier alpha value is -2.19. The average Bonchev–Trinajstić information content (AvgIpc) is 2.98. The van der Waals surface area contributed by atoms with E-state index >= 15 is 0 Å². The van der Waals surface area contributed by atoms with Gasteiger partial charge in [0.05, 0.1) is 23.2 Å². The van der Waals surface area contributed by atoms with Crippen LogP contribution in [0.25, 0.3) is 0 Å². The molecule has 1 atom stereocenters. The summed E-state index contributed by atoms with van der Waals surface area (Å²) in [4.78, 5) is 14.5. The van der Waals surface area contributed by atoms with Gasteiger partial charge in [-0.15, -0.1) is 0 Å². The van der Waals surface area contributed by atoms with Crippen molar-refractivity contribution in [1.29, 1.82) is 0 Å². The second-order valence-electron chi connectivity index (χ2n) is 4.06. The second-order valence-corrected chi connectivity index (χ2v) is 4.84. The molecule has 2 heterocycles. The number of aliphatic hydroxyl groups is 1. The second kappa shape index (κ2) is 6.31. The molecule has 7 nitrogen and oxygen atoms in total. The summed E-state index contributed by atoms with van der Waals surface area (Å²) in [5.41, 5.74) is 0.749. The van der Waals surface area contributed by atoms with Crippen LogP contribution in [0.4, 0.5) is 17.3 Å². The van der Waals surface area contributed by atoms with E-state index < -0.39 is 11.0 Å². The first kappa shape index (κ1) is 14.2. The monoisotopic (exact) mass is 294 g/mol. The van der Waals surface area contributed by atoms with Gasteiger partial charge >= 0.3 is 0 Å². The lowest BCUT2D eigenvalue weighted by atomic mass is 10.2. The van der Waals surface area contributed by atoms with Crippen molar-refractivity contribution >= 4 is 28.7 Å². The number of thiophene rings is 1. The average molecular weight is 294 g/mol. The fraction of sp³-hybridized carbons (Fsp3) is 0.250. The van der Waals surface area contributed by atoms with Crippen LogP contribution in [0.15, 0.2) is 29.0 Å². The summed E-state index contributed by atoms with van der Waals surface area (Å²) < 4.78 is 0. The van der Waals surface area contributed by atoms with Gasteiger partial charge in [-0.2, -0.15) is 11.3 Å². The van der Waals surface area contributed by atoms with Crippen LogP contribution in [0.1, 0.15) is 11.7 Å². The molecule has 1 unspecified atom stereocenters. The van der Waals surface area contributed by atoms with Gasteiger partial charge in [-0.05, 0) is 22.4 Å². The summed E-state index contributed by atoms with van der Waals surface area (Å²) in [5, 5.41) is 30.2. The van der Waals surface area contributed by atoms with Gasteiger partial charge in [0.2, 0.25) is 0 Å². The third kappa shape index (κ3) is 3.43. The van der Waals surface area contributed by atoms with Gasteiger partial charge in [0.1, 0.15) is 11.6 Å². The van der Waals surface area contributed by atoms with E-state index in [2.05, 4.69) is 15.6 Å². The van der Waals surface area contributed by atoms with Crippen molar-refractivity contribution in [2.75, 3.05) is 24.2 Å². The third-order valence-electron chi connectivity index (χ3n) is 2.68. The molecule has 8 heteroatoms. The molecular weight excluding hydrogens is 280 g/mol. The van der Waals surface area contributed by atoms with Crippen molar-refractivity contribution < 1.29 is 10.0 Å². The van der Waals surface area contributed by atoms with Crippen molar-refractivity contribution in [3.63, 3.8) is 0 Å². The molecule has 0 radical (unpaired) electrons. The van der Waals surface area contributed by atoms with E-state index in [9.17, 15) is 15.2 Å². The molecule has 20 heavy (non-hydrogen) atoms. The van der Waals surface area contributed by atoms with Gasteiger partial charge in [0.25, 0.3) is 5.69 Å². The zero-order valence-corrected chi connectivity index (χ0v) is 11.6. The summed E-state index contributed by atoms with van der Waals surface area (Å²) in [5.74, 6) is 0.740. The van der Waals surface area contributed by atoms with Gasteiger partial charge in [-0.1, -0.05) is 0 Å². The van der Waals surface area contributed by atoms with Crippen molar-refractivity contribution in [3.05, 3.63) is 44.6 Å². The molecule has 0 saturated heterocycles. The maximum absolute atomic E-state index is 10.8. The molecule has 0 saturated carbocycles. The SMILES string of the molecule is CNc1cc([N+](=O)[O-])cc(NCC(O)c2ccsc2)n1. The minimum atomic E-state index is -0.680. The van der Waals surface area contributed by atoms with Crippen LogP contribution in [-0.4, -0.2) is 28.6 Å². The van der Waals surface area contributed by atoms with E-state index in [1.807, 2.05) is 16.8 Å². The smallest absolute Gasteiger partial charge is 0.276 e. The van der Waals surface area contributed by atoms with Gasteiger partial charge in [0, 0.05) is 13.6 Å². The van der Waals surface area contributed by atoms with Crippen molar-refractivity contribution in [2.24, 2.45) is 0 Å². The fourth-order valence-corrected chi connectivity index (χ4v) is 2.33. The Morgan fingerprint density at radius 3 is 2.85 bits per heavy atom. The molecule has 0 aliphatic carbocycles. The maximum Gasteiger partial charge on any atom is 0.276 e. The minimum absolute atomic E-state index is 0.0585. The third-order valence-corrected chi connectivity index (χ3v) is 3.38. The predicted molar refractivity (Wildman–Crippen MR) is 78.2 cm³/mol. The molecule has 0 spiro atoms. The number of aromatic nitrogens is 1. The van der Waals surface area contributed by atoms with Crippen LogP contribution in [0.3, 0.4) is 0 Å². The Labute approximate surface area is 119 Å². The molecule has 3 N–H and O–H groups in total. The molecule has 0 bridgehead atoms. The summed E-state index contributed by atoms with van der Waals surface area (Å²) in [7, 11) is 1.63. The largest absolute Gasteiger partial charge is 0.387 e. The molecule has 0 amide bonds. The summed E-state index contributed by atoms with van der Waals surface area (Å²) in [6, 6.07) is 4.51. The maximum atomic E-state index is 10.8. The Morgan fingerprint density at radius 2 is 2.25 bits per heavy atom. The molecular formula is C12H14N4O3S.